The molecule has 0 amide bonds. The van der Waals surface area contributed by atoms with E-state index in [4.69, 9.17) is 5.73 Å². The van der Waals surface area contributed by atoms with Crippen LogP contribution in [0, 0.1) is 19.9 Å². The molecule has 1 aromatic rings. The van der Waals surface area contributed by atoms with Gasteiger partial charge in [-0.05, 0) is 0 Å². The number of hydrogen-bond donors (Lipinski definition) is 1. The molecule has 0 aliphatic rings. The Labute approximate surface area is 75.9 Å². The molecule has 54 valence electrons. The summed E-state index contributed by atoms with van der Waals surface area (Å²) in [6.45, 7) is 4.00. The molecule has 0 aromatic heterocycles. The van der Waals surface area contributed by atoms with Gasteiger partial charge < -0.3 is 5.73 Å². The van der Waals surface area contributed by atoms with Gasteiger partial charge in [-0.1, -0.05) is 19.5 Å². The van der Waals surface area contributed by atoms with Gasteiger partial charge in [0.2, 0.25) is 0 Å². The second kappa shape index (κ2) is 3.77. The summed E-state index contributed by atoms with van der Waals surface area (Å²) in [5.41, 5.74) is 8.65. The van der Waals surface area contributed by atoms with Gasteiger partial charge in [0, 0.05) is 21.1 Å². The van der Waals surface area contributed by atoms with Crippen molar-refractivity contribution in [1.82, 2.24) is 0 Å². The molecule has 0 saturated heterocycles. The van der Waals surface area contributed by atoms with Crippen LogP contribution in [0.3, 0.4) is 0 Å². The molecule has 0 spiro atoms. The van der Waals surface area contributed by atoms with Crippen LogP contribution < -0.4 is 5.73 Å². The first-order valence-corrected chi connectivity index (χ1v) is 2.94. The van der Waals surface area contributed by atoms with Crippen molar-refractivity contribution in [3.8, 4) is 0 Å². The van der Waals surface area contributed by atoms with Gasteiger partial charge in [0.1, 0.15) is 0 Å². The maximum absolute atomic E-state index is 5.56. The third kappa shape index (κ3) is 2.15. The van der Waals surface area contributed by atoms with Crippen molar-refractivity contribution in [2.24, 2.45) is 0 Å². The van der Waals surface area contributed by atoms with Gasteiger partial charge in [-0.2, -0.15) is 23.8 Å². The molecule has 0 radical (unpaired) electrons. The summed E-state index contributed by atoms with van der Waals surface area (Å²) in [7, 11) is 0. The predicted octanol–water partition coefficient (Wildman–Crippen LogP) is 1.68. The monoisotopic (exact) mass is 304 g/mol. The Morgan fingerprint density at radius 1 is 1.40 bits per heavy atom. The van der Waals surface area contributed by atoms with Crippen LogP contribution in [0.5, 0.6) is 0 Å². The van der Waals surface area contributed by atoms with Crippen molar-refractivity contribution < 1.29 is 21.1 Å². The Bertz CT molecular complexity index is 220. The molecule has 0 saturated carbocycles. The Kier molecular flexibility index (Phi) is 3.66. The number of hydrogen-bond acceptors (Lipinski definition) is 1. The van der Waals surface area contributed by atoms with Crippen LogP contribution in [-0.2, 0) is 21.1 Å². The SMILES string of the molecule is Cc1[c-]cc(N)c(C)c1.[W]. The summed E-state index contributed by atoms with van der Waals surface area (Å²) in [6, 6.07) is 6.85. The van der Waals surface area contributed by atoms with Crippen LogP contribution in [0.4, 0.5) is 5.69 Å². The van der Waals surface area contributed by atoms with Crippen LogP contribution >= 0.6 is 0 Å². The first-order valence-electron chi connectivity index (χ1n) is 2.94. The average molecular weight is 304 g/mol. The maximum atomic E-state index is 5.56. The van der Waals surface area contributed by atoms with Crippen molar-refractivity contribution in [2.45, 2.75) is 13.8 Å². The quantitative estimate of drug-likeness (QED) is 0.573. The van der Waals surface area contributed by atoms with E-state index in [1.54, 1.807) is 0 Å². The molecular weight excluding hydrogens is 294 g/mol. The van der Waals surface area contributed by atoms with E-state index < -0.39 is 0 Å². The van der Waals surface area contributed by atoms with Crippen molar-refractivity contribution >= 4 is 5.69 Å². The number of anilines is 1. The minimum Gasteiger partial charge on any atom is -0.449 e. The fraction of sp³-hybridized carbons (Fsp3) is 0.250. The summed E-state index contributed by atoms with van der Waals surface area (Å²) in [5.74, 6) is 0. The standard InChI is InChI=1S/C8H10N.W/c1-6-3-4-8(9)7(2)5-6;/h4-5H,9H2,1-2H3;/q-1;. The van der Waals surface area contributed by atoms with Gasteiger partial charge in [-0.15, -0.1) is 5.56 Å². The van der Waals surface area contributed by atoms with E-state index in [0.29, 0.717) is 0 Å². The zero-order chi connectivity index (χ0) is 6.85. The average Bonchev–Trinajstić information content (AvgIpc) is 1.80. The van der Waals surface area contributed by atoms with E-state index in [9.17, 15) is 0 Å². The van der Waals surface area contributed by atoms with Crippen molar-refractivity contribution in [2.75, 3.05) is 5.73 Å². The Morgan fingerprint density at radius 2 is 2.00 bits per heavy atom. The third-order valence-corrected chi connectivity index (χ3v) is 1.34. The minimum absolute atomic E-state index is 0. The van der Waals surface area contributed by atoms with Crippen molar-refractivity contribution in [1.29, 1.82) is 0 Å². The largest absolute Gasteiger partial charge is 0.449 e. The molecule has 1 nitrogen and oxygen atoms in total. The van der Waals surface area contributed by atoms with E-state index in [2.05, 4.69) is 6.07 Å². The number of aryl methyl sites for hydroxylation is 2. The molecule has 0 atom stereocenters. The molecule has 0 aliphatic heterocycles. The normalized spacial score (nSPS) is 8.60. The van der Waals surface area contributed by atoms with Gasteiger partial charge in [-0.3, -0.25) is 0 Å². The molecule has 0 aliphatic carbocycles. The molecule has 2 heteroatoms. The molecule has 2 N–H and O–H groups in total. The van der Waals surface area contributed by atoms with E-state index in [1.807, 2.05) is 26.0 Å². The second-order valence-electron chi connectivity index (χ2n) is 2.25. The molecule has 0 fully saturated rings. The Hall–Kier alpha value is -0.292. The topological polar surface area (TPSA) is 26.0 Å². The molecule has 1 rings (SSSR count). The molecule has 0 heterocycles. The van der Waals surface area contributed by atoms with Gasteiger partial charge in [0.15, 0.2) is 0 Å². The maximum Gasteiger partial charge on any atom is 0 e. The zero-order valence-electron chi connectivity index (χ0n) is 6.14. The van der Waals surface area contributed by atoms with Gasteiger partial charge in [0.25, 0.3) is 0 Å². The molecular formula is C8H10NW-. The summed E-state index contributed by atoms with van der Waals surface area (Å²) >= 11 is 0. The number of benzene rings is 1. The van der Waals surface area contributed by atoms with E-state index in [1.165, 1.54) is 0 Å². The fourth-order valence-electron chi connectivity index (χ4n) is 0.755. The molecule has 0 bridgehead atoms. The van der Waals surface area contributed by atoms with Crippen LogP contribution in [0.25, 0.3) is 0 Å². The summed E-state index contributed by atoms with van der Waals surface area (Å²) in [5, 5.41) is 0. The van der Waals surface area contributed by atoms with E-state index >= 15 is 0 Å². The van der Waals surface area contributed by atoms with E-state index in [-0.39, 0.29) is 21.1 Å². The molecule has 10 heavy (non-hydrogen) atoms. The van der Waals surface area contributed by atoms with Crippen LogP contribution in [0.1, 0.15) is 11.1 Å². The first-order chi connectivity index (χ1) is 4.20. The third-order valence-electron chi connectivity index (χ3n) is 1.34. The van der Waals surface area contributed by atoms with Crippen molar-refractivity contribution in [3.63, 3.8) is 0 Å². The Morgan fingerprint density at radius 3 is 2.40 bits per heavy atom. The summed E-state index contributed by atoms with van der Waals surface area (Å²) < 4.78 is 0. The predicted molar refractivity (Wildman–Crippen MR) is 39.2 cm³/mol. The number of rotatable bonds is 0. The number of nitrogen functional groups attached to an aromatic ring is 1. The molecule has 0 unspecified atom stereocenters. The fourth-order valence-corrected chi connectivity index (χ4v) is 0.755. The summed E-state index contributed by atoms with van der Waals surface area (Å²) in [6.07, 6.45) is 0. The molecule has 1 aromatic carbocycles. The smallest absolute Gasteiger partial charge is 0 e. The van der Waals surface area contributed by atoms with Crippen LogP contribution in [-0.4, -0.2) is 0 Å². The van der Waals surface area contributed by atoms with E-state index in [0.717, 1.165) is 16.8 Å². The van der Waals surface area contributed by atoms with Gasteiger partial charge in [0.05, 0.1) is 0 Å². The summed E-state index contributed by atoms with van der Waals surface area (Å²) in [4.78, 5) is 0. The van der Waals surface area contributed by atoms with Crippen molar-refractivity contribution in [3.05, 3.63) is 29.3 Å². The first kappa shape index (κ1) is 9.71. The van der Waals surface area contributed by atoms with Crippen LogP contribution in [0.15, 0.2) is 12.1 Å². The Balaban J connectivity index is 0.000000810. The van der Waals surface area contributed by atoms with Crippen LogP contribution in [0.2, 0.25) is 0 Å². The zero-order valence-corrected chi connectivity index (χ0v) is 9.07. The number of nitrogens with two attached hydrogens (primary N) is 1. The van der Waals surface area contributed by atoms with Gasteiger partial charge >= 0.3 is 0 Å². The second-order valence-corrected chi connectivity index (χ2v) is 2.25. The minimum atomic E-state index is 0. The van der Waals surface area contributed by atoms with Gasteiger partial charge in [-0.25, -0.2) is 0 Å².